The zero-order chi connectivity index (χ0) is 11.4. The molecule has 0 aliphatic rings. The zero-order valence-corrected chi connectivity index (χ0v) is 10.3. The van der Waals surface area contributed by atoms with Gasteiger partial charge in [0.2, 0.25) is 0 Å². The van der Waals surface area contributed by atoms with Crippen LogP contribution in [0.1, 0.15) is 45.2 Å². The summed E-state index contributed by atoms with van der Waals surface area (Å²) in [5.41, 5.74) is 2.47. The Morgan fingerprint density at radius 1 is 1.07 bits per heavy atom. The van der Waals surface area contributed by atoms with Gasteiger partial charge in [0.05, 0.1) is 0 Å². The summed E-state index contributed by atoms with van der Waals surface area (Å²) in [6.07, 6.45) is 3.10. The van der Waals surface area contributed by atoms with Crippen LogP contribution in [-0.4, -0.2) is 0 Å². The van der Waals surface area contributed by atoms with Crippen molar-refractivity contribution in [3.63, 3.8) is 0 Å². The first kappa shape index (κ1) is 15.4. The molecule has 0 heterocycles. The van der Waals surface area contributed by atoms with Crippen LogP contribution in [-0.2, 0) is 0 Å². The van der Waals surface area contributed by atoms with Gasteiger partial charge in [-0.15, -0.1) is 0 Å². The molecule has 0 radical (unpaired) electrons. The first-order chi connectivity index (χ1) is 6.74. The largest absolute Gasteiger partial charge is 0.0985 e. The molecule has 0 amide bonds. The molecule has 80 valence electrons. The lowest BCUT2D eigenvalue weighted by molar-refractivity contribution is 1.09. The SMILES string of the molecule is C=Cc1ccc(C)cc1.CC.CCC. The maximum Gasteiger partial charge on any atom is -0.0262 e. The summed E-state index contributed by atoms with van der Waals surface area (Å²) < 4.78 is 0. The molecule has 1 aromatic rings. The van der Waals surface area contributed by atoms with Crippen molar-refractivity contribution in [2.45, 2.75) is 41.0 Å². The normalized spacial score (nSPS) is 7.50. The van der Waals surface area contributed by atoms with Gasteiger partial charge < -0.3 is 0 Å². The van der Waals surface area contributed by atoms with Gasteiger partial charge in [0.1, 0.15) is 0 Å². The topological polar surface area (TPSA) is 0 Å². The first-order valence-corrected chi connectivity index (χ1v) is 5.43. The molecule has 0 bridgehead atoms. The summed E-state index contributed by atoms with van der Waals surface area (Å²) in [5.74, 6) is 0. The van der Waals surface area contributed by atoms with Gasteiger partial charge in [0.15, 0.2) is 0 Å². The van der Waals surface area contributed by atoms with E-state index in [0.717, 1.165) is 0 Å². The van der Waals surface area contributed by atoms with E-state index in [2.05, 4.69) is 51.6 Å². The van der Waals surface area contributed by atoms with Crippen molar-refractivity contribution in [3.8, 4) is 0 Å². The van der Waals surface area contributed by atoms with E-state index in [1.807, 2.05) is 19.9 Å². The number of hydrogen-bond acceptors (Lipinski definition) is 0. The van der Waals surface area contributed by atoms with Gasteiger partial charge in [0.25, 0.3) is 0 Å². The molecule has 0 heteroatoms. The van der Waals surface area contributed by atoms with Crippen molar-refractivity contribution in [3.05, 3.63) is 42.0 Å². The van der Waals surface area contributed by atoms with Gasteiger partial charge in [-0.25, -0.2) is 0 Å². The molecule has 0 fully saturated rings. The van der Waals surface area contributed by atoms with E-state index in [9.17, 15) is 0 Å². The van der Waals surface area contributed by atoms with Gasteiger partial charge in [-0.05, 0) is 12.5 Å². The molecular formula is C14H24. The van der Waals surface area contributed by atoms with Crippen LogP contribution < -0.4 is 0 Å². The molecule has 1 rings (SSSR count). The molecule has 0 aromatic heterocycles. The highest BCUT2D eigenvalue weighted by molar-refractivity contribution is 5.46. The van der Waals surface area contributed by atoms with E-state index < -0.39 is 0 Å². The van der Waals surface area contributed by atoms with Gasteiger partial charge in [-0.1, -0.05) is 76.6 Å². The highest BCUT2D eigenvalue weighted by Gasteiger charge is 1.82. The average molecular weight is 192 g/mol. The molecule has 0 aliphatic heterocycles. The molecule has 0 atom stereocenters. The molecule has 0 N–H and O–H groups in total. The Balaban J connectivity index is 0. The minimum Gasteiger partial charge on any atom is -0.0985 e. The first-order valence-electron chi connectivity index (χ1n) is 5.43. The van der Waals surface area contributed by atoms with Crippen molar-refractivity contribution in [1.29, 1.82) is 0 Å². The van der Waals surface area contributed by atoms with E-state index in [1.165, 1.54) is 17.5 Å². The minimum atomic E-state index is 1.18. The molecule has 0 saturated heterocycles. The molecule has 0 nitrogen and oxygen atoms in total. The summed E-state index contributed by atoms with van der Waals surface area (Å²) >= 11 is 0. The molecule has 0 aliphatic carbocycles. The third-order valence-corrected chi connectivity index (χ3v) is 1.31. The Labute approximate surface area is 89.7 Å². The van der Waals surface area contributed by atoms with Crippen molar-refractivity contribution in [1.82, 2.24) is 0 Å². The maximum atomic E-state index is 3.66. The standard InChI is InChI=1S/C9H10.C3H8.C2H6/c1-3-9-6-4-8(2)5-7-9;1-3-2;1-2/h3-7H,1H2,2H3;3H2,1-2H3;1-2H3. The lowest BCUT2D eigenvalue weighted by Gasteiger charge is -1.91. The molecule has 0 unspecified atom stereocenters. The number of aryl methyl sites for hydroxylation is 1. The summed E-state index contributed by atoms with van der Waals surface area (Å²) in [4.78, 5) is 0. The van der Waals surface area contributed by atoms with Crippen molar-refractivity contribution >= 4 is 6.08 Å². The maximum absolute atomic E-state index is 3.66. The second-order valence-electron chi connectivity index (χ2n) is 2.82. The fourth-order valence-corrected chi connectivity index (χ4v) is 0.703. The third kappa shape index (κ3) is 9.05. The number of benzene rings is 1. The van der Waals surface area contributed by atoms with Crippen LogP contribution in [0.25, 0.3) is 6.08 Å². The molecular weight excluding hydrogens is 168 g/mol. The Morgan fingerprint density at radius 2 is 1.43 bits per heavy atom. The van der Waals surface area contributed by atoms with Gasteiger partial charge in [-0.2, -0.15) is 0 Å². The quantitative estimate of drug-likeness (QED) is 0.582. The van der Waals surface area contributed by atoms with Crippen LogP contribution in [0.5, 0.6) is 0 Å². The van der Waals surface area contributed by atoms with Gasteiger partial charge >= 0.3 is 0 Å². The minimum absolute atomic E-state index is 1.18. The van der Waals surface area contributed by atoms with Crippen LogP contribution in [0, 0.1) is 6.92 Å². The van der Waals surface area contributed by atoms with E-state index in [0.29, 0.717) is 0 Å². The summed E-state index contributed by atoms with van der Waals surface area (Å²) in [6.45, 7) is 14.0. The molecule has 0 saturated carbocycles. The number of rotatable bonds is 1. The molecule has 1 aromatic carbocycles. The Morgan fingerprint density at radius 3 is 1.71 bits per heavy atom. The van der Waals surface area contributed by atoms with Gasteiger partial charge in [0, 0.05) is 0 Å². The Bertz CT molecular complexity index is 206. The lowest BCUT2D eigenvalue weighted by Crippen LogP contribution is -1.71. The third-order valence-electron chi connectivity index (χ3n) is 1.31. The molecule has 14 heavy (non-hydrogen) atoms. The fraction of sp³-hybridized carbons (Fsp3) is 0.429. The monoisotopic (exact) mass is 192 g/mol. The lowest BCUT2D eigenvalue weighted by atomic mass is 10.2. The van der Waals surface area contributed by atoms with Crippen LogP contribution in [0.3, 0.4) is 0 Å². The van der Waals surface area contributed by atoms with E-state index in [-0.39, 0.29) is 0 Å². The predicted molar refractivity (Wildman–Crippen MR) is 68.6 cm³/mol. The molecule has 0 spiro atoms. The Kier molecular flexibility index (Phi) is 13.2. The average Bonchev–Trinajstić information content (AvgIpc) is 2.23. The number of hydrogen-bond donors (Lipinski definition) is 0. The van der Waals surface area contributed by atoms with E-state index in [1.54, 1.807) is 0 Å². The fourth-order valence-electron chi connectivity index (χ4n) is 0.703. The highest BCUT2D eigenvalue weighted by atomic mass is 13.9. The van der Waals surface area contributed by atoms with Crippen LogP contribution in [0.2, 0.25) is 0 Å². The van der Waals surface area contributed by atoms with E-state index >= 15 is 0 Å². The van der Waals surface area contributed by atoms with Crippen molar-refractivity contribution in [2.24, 2.45) is 0 Å². The van der Waals surface area contributed by atoms with Crippen LogP contribution in [0.4, 0.5) is 0 Å². The van der Waals surface area contributed by atoms with Gasteiger partial charge in [-0.3, -0.25) is 0 Å². The predicted octanol–water partition coefficient (Wildman–Crippen LogP) is 5.08. The zero-order valence-electron chi connectivity index (χ0n) is 10.3. The Hall–Kier alpha value is -1.04. The van der Waals surface area contributed by atoms with E-state index in [4.69, 9.17) is 0 Å². The van der Waals surface area contributed by atoms with Crippen molar-refractivity contribution < 1.29 is 0 Å². The second kappa shape index (κ2) is 12.0. The summed E-state index contributed by atoms with van der Waals surface area (Å²) in [6, 6.07) is 8.28. The summed E-state index contributed by atoms with van der Waals surface area (Å²) in [5, 5.41) is 0. The van der Waals surface area contributed by atoms with Crippen molar-refractivity contribution in [2.75, 3.05) is 0 Å². The highest BCUT2D eigenvalue weighted by Crippen LogP contribution is 2.02. The second-order valence-corrected chi connectivity index (χ2v) is 2.82. The summed E-state index contributed by atoms with van der Waals surface area (Å²) in [7, 11) is 0. The smallest absolute Gasteiger partial charge is 0.0262 e. The van der Waals surface area contributed by atoms with Crippen LogP contribution >= 0.6 is 0 Å². The van der Waals surface area contributed by atoms with Crippen LogP contribution in [0.15, 0.2) is 30.8 Å².